The van der Waals surface area contributed by atoms with Gasteiger partial charge in [-0.1, -0.05) is 30.3 Å². The van der Waals surface area contributed by atoms with E-state index in [2.05, 4.69) is 5.32 Å². The van der Waals surface area contributed by atoms with Gasteiger partial charge in [-0.25, -0.2) is 13.6 Å². The number of primary sulfonamides is 1. The first-order valence-corrected chi connectivity index (χ1v) is 9.21. The molecule has 24 heavy (non-hydrogen) atoms. The van der Waals surface area contributed by atoms with Gasteiger partial charge in [0.25, 0.3) is 5.91 Å². The van der Waals surface area contributed by atoms with Crippen LogP contribution in [0.1, 0.15) is 22.3 Å². The highest BCUT2D eigenvalue weighted by molar-refractivity contribution is 7.88. The largest absolute Gasteiger partial charge is 0.494 e. The fourth-order valence-electron chi connectivity index (χ4n) is 2.07. The second kappa shape index (κ2) is 8.47. The number of sulfonamides is 1. The number of benzene rings is 2. The molecular formula is C17H20N2O4S. The Morgan fingerprint density at radius 2 is 1.71 bits per heavy atom. The molecular weight excluding hydrogens is 328 g/mol. The van der Waals surface area contributed by atoms with Crippen molar-refractivity contribution < 1.29 is 17.9 Å². The van der Waals surface area contributed by atoms with Crippen LogP contribution in [-0.4, -0.2) is 27.5 Å². The monoisotopic (exact) mass is 348 g/mol. The number of hydrogen-bond donors (Lipinski definition) is 2. The van der Waals surface area contributed by atoms with Crippen molar-refractivity contribution in [2.45, 2.75) is 12.2 Å². The first-order chi connectivity index (χ1) is 11.4. The summed E-state index contributed by atoms with van der Waals surface area (Å²) in [5, 5.41) is 7.77. The van der Waals surface area contributed by atoms with Crippen molar-refractivity contribution in [1.82, 2.24) is 5.32 Å². The molecule has 0 aromatic heterocycles. The molecule has 0 saturated carbocycles. The molecule has 0 atom stereocenters. The normalized spacial score (nSPS) is 11.0. The van der Waals surface area contributed by atoms with Crippen LogP contribution in [0.25, 0.3) is 0 Å². The van der Waals surface area contributed by atoms with E-state index in [9.17, 15) is 13.2 Å². The third-order valence-corrected chi connectivity index (χ3v) is 3.94. The lowest BCUT2D eigenvalue weighted by Gasteiger charge is -2.08. The fraction of sp³-hybridized carbons (Fsp3) is 0.235. The molecule has 0 radical (unpaired) electrons. The molecule has 2 aromatic carbocycles. The molecule has 0 fully saturated rings. The summed E-state index contributed by atoms with van der Waals surface area (Å²) < 4.78 is 27.6. The molecule has 0 heterocycles. The maximum absolute atomic E-state index is 12.0. The summed E-state index contributed by atoms with van der Waals surface area (Å²) in [6.07, 6.45) is 0.685. The van der Waals surface area contributed by atoms with Crippen LogP contribution in [0.3, 0.4) is 0 Å². The minimum absolute atomic E-state index is 0.211. The number of ether oxygens (including phenoxy) is 1. The van der Waals surface area contributed by atoms with Gasteiger partial charge in [0.2, 0.25) is 10.0 Å². The van der Waals surface area contributed by atoms with Gasteiger partial charge in [0, 0.05) is 12.1 Å². The highest BCUT2D eigenvalue weighted by atomic mass is 32.2. The predicted octanol–water partition coefficient (Wildman–Crippen LogP) is 1.67. The zero-order chi connectivity index (χ0) is 17.4. The highest BCUT2D eigenvalue weighted by Gasteiger charge is 2.08. The van der Waals surface area contributed by atoms with Gasteiger partial charge in [-0.3, -0.25) is 4.79 Å². The second-order valence-electron chi connectivity index (χ2n) is 5.28. The average Bonchev–Trinajstić information content (AvgIpc) is 2.54. The van der Waals surface area contributed by atoms with Gasteiger partial charge >= 0.3 is 0 Å². The number of nitrogens with two attached hydrogens (primary N) is 1. The van der Waals surface area contributed by atoms with Crippen LogP contribution in [0.2, 0.25) is 0 Å². The van der Waals surface area contributed by atoms with E-state index in [1.54, 1.807) is 24.3 Å². The molecule has 1 amide bonds. The maximum Gasteiger partial charge on any atom is 0.251 e. The predicted molar refractivity (Wildman–Crippen MR) is 92.1 cm³/mol. The molecule has 0 aliphatic carbocycles. The quantitative estimate of drug-likeness (QED) is 0.709. The van der Waals surface area contributed by atoms with Gasteiger partial charge < -0.3 is 10.1 Å². The van der Waals surface area contributed by atoms with Gasteiger partial charge in [0.1, 0.15) is 5.75 Å². The Morgan fingerprint density at radius 1 is 1.04 bits per heavy atom. The number of hydrogen-bond acceptors (Lipinski definition) is 4. The molecule has 2 aromatic rings. The number of carbonyl (C=O) groups excluding carboxylic acids is 1. The van der Waals surface area contributed by atoms with Gasteiger partial charge in [-0.05, 0) is 36.2 Å². The third-order valence-electron chi connectivity index (χ3n) is 3.20. The molecule has 0 unspecified atom stereocenters. The summed E-state index contributed by atoms with van der Waals surface area (Å²) >= 11 is 0. The molecule has 3 N–H and O–H groups in total. The Hall–Kier alpha value is -2.38. The molecule has 128 valence electrons. The van der Waals surface area contributed by atoms with Crippen molar-refractivity contribution >= 4 is 15.9 Å². The van der Waals surface area contributed by atoms with E-state index < -0.39 is 10.0 Å². The van der Waals surface area contributed by atoms with E-state index in [1.165, 1.54) is 0 Å². The van der Waals surface area contributed by atoms with E-state index in [1.807, 2.05) is 30.3 Å². The zero-order valence-corrected chi connectivity index (χ0v) is 14.0. The Balaban J connectivity index is 1.72. The lowest BCUT2D eigenvalue weighted by Crippen LogP contribution is -2.25. The molecule has 0 bridgehead atoms. The van der Waals surface area contributed by atoms with Crippen molar-refractivity contribution in [2.24, 2.45) is 5.14 Å². The molecule has 2 rings (SSSR count). The number of rotatable bonds is 8. The molecule has 0 aliphatic rings. The topological polar surface area (TPSA) is 98.5 Å². The smallest absolute Gasteiger partial charge is 0.251 e. The Bertz CT molecular complexity index is 759. The second-order valence-corrected chi connectivity index (χ2v) is 6.89. The van der Waals surface area contributed by atoms with E-state index in [-0.39, 0.29) is 11.7 Å². The zero-order valence-electron chi connectivity index (χ0n) is 13.1. The molecule has 7 heteroatoms. The van der Waals surface area contributed by atoms with Crippen LogP contribution < -0.4 is 15.2 Å². The first kappa shape index (κ1) is 18.0. The van der Waals surface area contributed by atoms with Crippen molar-refractivity contribution in [3.8, 4) is 5.75 Å². The van der Waals surface area contributed by atoms with Crippen molar-refractivity contribution in [3.05, 3.63) is 65.7 Å². The van der Waals surface area contributed by atoms with Crippen molar-refractivity contribution in [2.75, 3.05) is 13.2 Å². The van der Waals surface area contributed by atoms with E-state index >= 15 is 0 Å². The maximum atomic E-state index is 12.0. The Labute approximate surface area is 141 Å². The highest BCUT2D eigenvalue weighted by Crippen LogP contribution is 2.09. The number of amides is 1. The summed E-state index contributed by atoms with van der Waals surface area (Å²) in [4.78, 5) is 12.0. The third kappa shape index (κ3) is 6.39. The van der Waals surface area contributed by atoms with Crippen LogP contribution in [0.15, 0.2) is 54.6 Å². The molecule has 0 spiro atoms. The van der Waals surface area contributed by atoms with Crippen molar-refractivity contribution in [3.63, 3.8) is 0 Å². The average molecular weight is 348 g/mol. The minimum Gasteiger partial charge on any atom is -0.494 e. The SMILES string of the molecule is NS(=O)(=O)Cc1ccc(C(=O)NCCCOc2ccccc2)cc1. The van der Waals surface area contributed by atoms with Crippen LogP contribution in [0.5, 0.6) is 5.75 Å². The summed E-state index contributed by atoms with van der Waals surface area (Å²) in [6.45, 7) is 1.00. The summed E-state index contributed by atoms with van der Waals surface area (Å²) in [7, 11) is -3.57. The van der Waals surface area contributed by atoms with Crippen molar-refractivity contribution in [1.29, 1.82) is 0 Å². The van der Waals surface area contributed by atoms with Crippen LogP contribution in [-0.2, 0) is 15.8 Å². The van der Waals surface area contributed by atoms with Gasteiger partial charge in [-0.2, -0.15) is 0 Å². The first-order valence-electron chi connectivity index (χ1n) is 7.49. The van der Waals surface area contributed by atoms with Crippen LogP contribution >= 0.6 is 0 Å². The van der Waals surface area contributed by atoms with E-state index in [0.717, 1.165) is 5.75 Å². The Morgan fingerprint density at radius 3 is 2.33 bits per heavy atom. The van der Waals surface area contributed by atoms with Gasteiger partial charge in [0.15, 0.2) is 0 Å². The van der Waals surface area contributed by atoms with Gasteiger partial charge in [0.05, 0.1) is 12.4 Å². The lowest BCUT2D eigenvalue weighted by atomic mass is 10.1. The Kier molecular flexibility index (Phi) is 6.34. The summed E-state index contributed by atoms with van der Waals surface area (Å²) in [5.41, 5.74) is 1.02. The summed E-state index contributed by atoms with van der Waals surface area (Å²) in [6, 6.07) is 15.8. The van der Waals surface area contributed by atoms with E-state index in [0.29, 0.717) is 30.7 Å². The van der Waals surface area contributed by atoms with E-state index in [4.69, 9.17) is 9.88 Å². The summed E-state index contributed by atoms with van der Waals surface area (Å²) in [5.74, 6) is 0.345. The fourth-order valence-corrected chi connectivity index (χ4v) is 2.72. The molecule has 0 saturated heterocycles. The number of para-hydroxylation sites is 1. The van der Waals surface area contributed by atoms with Crippen LogP contribution in [0, 0.1) is 0 Å². The minimum atomic E-state index is -3.57. The van der Waals surface area contributed by atoms with Crippen LogP contribution in [0.4, 0.5) is 0 Å². The standard InChI is InChI=1S/C17H20N2O4S/c18-24(21,22)13-14-7-9-15(10-8-14)17(20)19-11-4-12-23-16-5-2-1-3-6-16/h1-3,5-10H,4,11-13H2,(H,19,20)(H2,18,21,22). The lowest BCUT2D eigenvalue weighted by molar-refractivity contribution is 0.0951. The molecule has 0 aliphatic heterocycles. The molecule has 6 nitrogen and oxygen atoms in total. The number of nitrogens with one attached hydrogen (secondary N) is 1. The van der Waals surface area contributed by atoms with Gasteiger partial charge in [-0.15, -0.1) is 0 Å². The number of carbonyl (C=O) groups is 1.